The van der Waals surface area contributed by atoms with Crippen molar-refractivity contribution in [1.29, 1.82) is 0 Å². The van der Waals surface area contributed by atoms with Crippen LogP contribution in [0.2, 0.25) is 0 Å². The number of aromatic nitrogens is 1. The molecule has 24 heavy (non-hydrogen) atoms. The fourth-order valence-corrected chi connectivity index (χ4v) is 2.32. The lowest BCUT2D eigenvalue weighted by atomic mass is 10.0. The summed E-state index contributed by atoms with van der Waals surface area (Å²) in [6.07, 6.45) is 1.51. The lowest BCUT2D eigenvalue weighted by Crippen LogP contribution is -2.14. The summed E-state index contributed by atoms with van der Waals surface area (Å²) >= 11 is 0. The summed E-state index contributed by atoms with van der Waals surface area (Å²) in [5.41, 5.74) is 1.93. The third-order valence-corrected chi connectivity index (χ3v) is 3.42. The lowest BCUT2D eigenvalue weighted by molar-refractivity contribution is -0.384. The maximum atomic E-state index is 12.5. The van der Waals surface area contributed by atoms with Gasteiger partial charge in [-0.2, -0.15) is 0 Å². The Bertz CT molecular complexity index is 895. The van der Waals surface area contributed by atoms with Crippen molar-refractivity contribution in [2.24, 2.45) is 0 Å². The molecule has 6 nitrogen and oxygen atoms in total. The summed E-state index contributed by atoms with van der Waals surface area (Å²) < 4.78 is 0. The van der Waals surface area contributed by atoms with E-state index >= 15 is 0 Å². The van der Waals surface area contributed by atoms with Crippen LogP contribution in [0.3, 0.4) is 0 Å². The average molecular weight is 319 g/mol. The maximum Gasteiger partial charge on any atom is 0.274 e. The zero-order valence-corrected chi connectivity index (χ0v) is 12.5. The number of anilines is 1. The van der Waals surface area contributed by atoms with Crippen LogP contribution in [0.15, 0.2) is 72.9 Å². The fraction of sp³-hybridized carbons (Fsp3) is 0. The van der Waals surface area contributed by atoms with E-state index < -0.39 is 4.92 Å². The molecule has 0 spiro atoms. The second kappa shape index (κ2) is 6.70. The molecule has 0 saturated carbocycles. The van der Waals surface area contributed by atoms with Crippen molar-refractivity contribution in [2.45, 2.75) is 0 Å². The largest absolute Gasteiger partial charge is 0.321 e. The van der Waals surface area contributed by atoms with Gasteiger partial charge in [-0.3, -0.25) is 19.9 Å². The van der Waals surface area contributed by atoms with Crippen molar-refractivity contribution in [3.05, 3.63) is 88.7 Å². The van der Waals surface area contributed by atoms with Crippen LogP contribution < -0.4 is 5.32 Å². The molecular formula is C18H13N3O3. The van der Waals surface area contributed by atoms with Crippen LogP contribution in [0.4, 0.5) is 11.4 Å². The molecule has 0 saturated heterocycles. The van der Waals surface area contributed by atoms with Crippen LogP contribution in [0, 0.1) is 10.1 Å². The van der Waals surface area contributed by atoms with Crippen LogP contribution >= 0.6 is 0 Å². The molecule has 0 aliphatic rings. The molecule has 0 radical (unpaired) electrons. The molecule has 6 heteroatoms. The van der Waals surface area contributed by atoms with Gasteiger partial charge in [-0.05, 0) is 23.8 Å². The highest BCUT2D eigenvalue weighted by Gasteiger charge is 2.16. The van der Waals surface area contributed by atoms with Crippen molar-refractivity contribution in [1.82, 2.24) is 4.98 Å². The van der Waals surface area contributed by atoms with E-state index in [0.717, 1.165) is 0 Å². The Kier molecular flexibility index (Phi) is 4.29. The number of hydrogen-bond acceptors (Lipinski definition) is 4. The first-order valence-corrected chi connectivity index (χ1v) is 7.21. The Labute approximate surface area is 137 Å². The summed E-state index contributed by atoms with van der Waals surface area (Å²) in [4.78, 5) is 27.1. The first-order chi connectivity index (χ1) is 11.6. The van der Waals surface area contributed by atoms with Gasteiger partial charge in [0.1, 0.15) is 5.69 Å². The molecule has 0 atom stereocenters. The van der Waals surface area contributed by atoms with Crippen LogP contribution in [-0.4, -0.2) is 15.8 Å². The highest BCUT2D eigenvalue weighted by molar-refractivity contribution is 6.07. The number of carbonyl (C=O) groups is 1. The number of nitro groups is 1. The third kappa shape index (κ3) is 3.27. The minimum Gasteiger partial charge on any atom is -0.321 e. The third-order valence-electron chi connectivity index (χ3n) is 3.42. The number of nitro benzene ring substituents is 1. The molecule has 2 aromatic carbocycles. The second-order valence-corrected chi connectivity index (χ2v) is 5.03. The highest BCUT2D eigenvalue weighted by Crippen LogP contribution is 2.26. The Balaban J connectivity index is 1.98. The predicted molar refractivity (Wildman–Crippen MR) is 90.7 cm³/mol. The molecular weight excluding hydrogens is 306 g/mol. The Morgan fingerprint density at radius 2 is 1.79 bits per heavy atom. The first kappa shape index (κ1) is 15.4. The van der Waals surface area contributed by atoms with E-state index in [0.29, 0.717) is 16.8 Å². The summed E-state index contributed by atoms with van der Waals surface area (Å²) in [5.74, 6) is -0.372. The van der Waals surface area contributed by atoms with Crippen molar-refractivity contribution in [3.8, 4) is 11.1 Å². The maximum absolute atomic E-state index is 12.5. The van der Waals surface area contributed by atoms with Gasteiger partial charge < -0.3 is 5.32 Å². The number of amides is 1. The standard InChI is InChI=1S/C18H13N3O3/c22-18(20-14-7-2-1-3-8-14)17-16(10-5-11-19-17)13-6-4-9-15(12-13)21(23)24/h1-12H,(H,20,22). The second-order valence-electron chi connectivity index (χ2n) is 5.03. The van der Waals surface area contributed by atoms with Crippen molar-refractivity contribution in [2.75, 3.05) is 5.32 Å². The molecule has 1 N–H and O–H groups in total. The average Bonchev–Trinajstić information content (AvgIpc) is 2.62. The van der Waals surface area contributed by atoms with Gasteiger partial charge in [0.25, 0.3) is 11.6 Å². The molecule has 1 heterocycles. The molecule has 0 aliphatic carbocycles. The van der Waals surface area contributed by atoms with E-state index in [1.165, 1.54) is 18.3 Å². The van der Waals surface area contributed by atoms with Gasteiger partial charge in [0.05, 0.1) is 4.92 Å². The van der Waals surface area contributed by atoms with Crippen LogP contribution in [0.25, 0.3) is 11.1 Å². The van der Waals surface area contributed by atoms with Gasteiger partial charge in [0, 0.05) is 29.6 Å². The molecule has 3 rings (SSSR count). The smallest absolute Gasteiger partial charge is 0.274 e. The normalized spacial score (nSPS) is 10.2. The van der Waals surface area contributed by atoms with E-state index in [-0.39, 0.29) is 17.3 Å². The van der Waals surface area contributed by atoms with Gasteiger partial charge in [0.15, 0.2) is 0 Å². The van der Waals surface area contributed by atoms with E-state index in [1.54, 1.807) is 36.4 Å². The van der Waals surface area contributed by atoms with Crippen molar-refractivity contribution < 1.29 is 9.72 Å². The van der Waals surface area contributed by atoms with Gasteiger partial charge in [-0.1, -0.05) is 36.4 Å². The van der Waals surface area contributed by atoms with E-state index in [9.17, 15) is 14.9 Å². The van der Waals surface area contributed by atoms with Gasteiger partial charge in [0.2, 0.25) is 0 Å². The Hall–Kier alpha value is -3.54. The summed E-state index contributed by atoms with van der Waals surface area (Å²) in [7, 11) is 0. The minimum absolute atomic E-state index is 0.0363. The summed E-state index contributed by atoms with van der Waals surface area (Å²) in [6.45, 7) is 0. The molecule has 0 fully saturated rings. The first-order valence-electron chi connectivity index (χ1n) is 7.21. The topological polar surface area (TPSA) is 85.1 Å². The number of non-ortho nitro benzene ring substituents is 1. The number of nitrogens with one attached hydrogen (secondary N) is 1. The van der Waals surface area contributed by atoms with E-state index in [1.807, 2.05) is 18.2 Å². The molecule has 0 bridgehead atoms. The predicted octanol–water partition coefficient (Wildman–Crippen LogP) is 3.91. The lowest BCUT2D eigenvalue weighted by Gasteiger charge is -2.09. The quantitative estimate of drug-likeness (QED) is 0.583. The molecule has 0 unspecified atom stereocenters. The number of benzene rings is 2. The summed E-state index contributed by atoms with van der Waals surface area (Å²) in [6, 6.07) is 18.6. The SMILES string of the molecule is O=C(Nc1ccccc1)c1ncccc1-c1cccc([N+](=O)[O-])c1. The number of carbonyl (C=O) groups excluding carboxylic acids is 1. The molecule has 1 aromatic heterocycles. The molecule has 1 amide bonds. The minimum atomic E-state index is -0.469. The number of nitrogens with zero attached hydrogens (tertiary/aromatic N) is 2. The Morgan fingerprint density at radius 1 is 1.00 bits per heavy atom. The zero-order chi connectivity index (χ0) is 16.9. The molecule has 0 aliphatic heterocycles. The van der Waals surface area contributed by atoms with Crippen LogP contribution in [-0.2, 0) is 0 Å². The van der Waals surface area contributed by atoms with Gasteiger partial charge >= 0.3 is 0 Å². The fourth-order valence-electron chi connectivity index (χ4n) is 2.32. The van der Waals surface area contributed by atoms with Gasteiger partial charge in [-0.15, -0.1) is 0 Å². The number of pyridine rings is 1. The Morgan fingerprint density at radius 3 is 2.54 bits per heavy atom. The van der Waals surface area contributed by atoms with E-state index in [4.69, 9.17) is 0 Å². The number of hydrogen-bond donors (Lipinski definition) is 1. The highest BCUT2D eigenvalue weighted by atomic mass is 16.6. The van der Waals surface area contributed by atoms with Crippen molar-refractivity contribution >= 4 is 17.3 Å². The number of para-hydroxylation sites is 1. The van der Waals surface area contributed by atoms with Crippen LogP contribution in [0.5, 0.6) is 0 Å². The number of rotatable bonds is 4. The zero-order valence-electron chi connectivity index (χ0n) is 12.5. The monoisotopic (exact) mass is 319 g/mol. The van der Waals surface area contributed by atoms with Crippen LogP contribution in [0.1, 0.15) is 10.5 Å². The molecule has 3 aromatic rings. The van der Waals surface area contributed by atoms with Gasteiger partial charge in [-0.25, -0.2) is 0 Å². The van der Waals surface area contributed by atoms with E-state index in [2.05, 4.69) is 10.3 Å². The summed E-state index contributed by atoms with van der Waals surface area (Å²) in [5, 5.41) is 13.7. The van der Waals surface area contributed by atoms with Crippen molar-refractivity contribution in [3.63, 3.8) is 0 Å². The molecule has 118 valence electrons.